The second-order valence-corrected chi connectivity index (χ2v) is 10.1. The van der Waals surface area contributed by atoms with Crippen LogP contribution in [0.4, 0.5) is 5.69 Å². The van der Waals surface area contributed by atoms with Crippen LogP contribution in [-0.4, -0.2) is 38.8 Å². The molecule has 0 aromatic heterocycles. The van der Waals surface area contributed by atoms with Gasteiger partial charge in [-0.1, -0.05) is 59.6 Å². The Morgan fingerprint density at radius 1 is 1.03 bits per heavy atom. The van der Waals surface area contributed by atoms with Gasteiger partial charge in [0.05, 0.1) is 23.6 Å². The summed E-state index contributed by atoms with van der Waals surface area (Å²) in [7, 11) is -2.53. The summed E-state index contributed by atoms with van der Waals surface area (Å²) in [6, 6.07) is 19.5. The Labute approximate surface area is 200 Å². The standard InChI is InChI=1S/C25H27ClN2O4S/c1-18-9-11-23(19(2)15-18)27-25(29)17-28(14-13-20-7-5-4-6-8-20)33(30,31)21-10-12-24(32-3)22(26)16-21/h4-12,15-16H,13-14,17H2,1-3H3,(H,27,29). The quantitative estimate of drug-likeness (QED) is 0.469. The third kappa shape index (κ3) is 6.35. The summed E-state index contributed by atoms with van der Waals surface area (Å²) in [5, 5.41) is 3.01. The van der Waals surface area contributed by atoms with Gasteiger partial charge in [-0.25, -0.2) is 8.42 Å². The molecule has 6 nitrogen and oxygen atoms in total. The minimum atomic E-state index is -3.99. The van der Waals surface area contributed by atoms with Crippen LogP contribution in [0.5, 0.6) is 5.75 Å². The fourth-order valence-corrected chi connectivity index (χ4v) is 5.19. The van der Waals surface area contributed by atoms with E-state index in [1.165, 1.54) is 29.6 Å². The summed E-state index contributed by atoms with van der Waals surface area (Å²) < 4.78 is 33.2. The molecule has 3 aromatic carbocycles. The number of nitrogens with zero attached hydrogens (tertiary/aromatic N) is 1. The number of carbonyl (C=O) groups is 1. The number of rotatable bonds is 9. The van der Waals surface area contributed by atoms with Gasteiger partial charge in [-0.3, -0.25) is 4.79 Å². The molecule has 8 heteroatoms. The van der Waals surface area contributed by atoms with Crippen LogP contribution < -0.4 is 10.1 Å². The lowest BCUT2D eigenvalue weighted by Gasteiger charge is -2.22. The van der Waals surface area contributed by atoms with Crippen LogP contribution in [0.3, 0.4) is 0 Å². The first-order valence-corrected chi connectivity index (χ1v) is 12.3. The number of hydrogen-bond donors (Lipinski definition) is 1. The normalized spacial score (nSPS) is 11.4. The highest BCUT2D eigenvalue weighted by atomic mass is 35.5. The summed E-state index contributed by atoms with van der Waals surface area (Å²) >= 11 is 6.17. The number of amides is 1. The van der Waals surface area contributed by atoms with Gasteiger partial charge < -0.3 is 10.1 Å². The lowest BCUT2D eigenvalue weighted by atomic mass is 10.1. The maximum Gasteiger partial charge on any atom is 0.243 e. The molecule has 3 rings (SSSR count). The minimum Gasteiger partial charge on any atom is -0.495 e. The summed E-state index contributed by atoms with van der Waals surface area (Å²) in [4.78, 5) is 12.9. The molecule has 0 saturated heterocycles. The number of methoxy groups -OCH3 is 1. The van der Waals surface area contributed by atoms with Gasteiger partial charge in [-0.2, -0.15) is 4.31 Å². The molecule has 3 aromatic rings. The Bertz CT molecular complexity index is 1230. The molecule has 0 bridgehead atoms. The van der Waals surface area contributed by atoms with Gasteiger partial charge in [0, 0.05) is 12.2 Å². The SMILES string of the molecule is COc1ccc(S(=O)(=O)N(CCc2ccccc2)CC(=O)Nc2ccc(C)cc2C)cc1Cl. The topological polar surface area (TPSA) is 75.7 Å². The average Bonchev–Trinajstić information content (AvgIpc) is 2.79. The zero-order chi connectivity index (χ0) is 24.0. The van der Waals surface area contributed by atoms with Crippen molar-refractivity contribution in [1.82, 2.24) is 4.31 Å². The van der Waals surface area contributed by atoms with Crippen molar-refractivity contribution in [2.45, 2.75) is 25.2 Å². The molecule has 0 aliphatic rings. The number of anilines is 1. The van der Waals surface area contributed by atoms with Gasteiger partial charge in [0.2, 0.25) is 15.9 Å². The number of hydrogen-bond acceptors (Lipinski definition) is 4. The lowest BCUT2D eigenvalue weighted by Crippen LogP contribution is -2.39. The van der Waals surface area contributed by atoms with E-state index in [2.05, 4.69) is 5.32 Å². The predicted octanol–water partition coefficient (Wildman–Crippen LogP) is 4.84. The van der Waals surface area contributed by atoms with Crippen molar-refractivity contribution < 1.29 is 17.9 Å². The van der Waals surface area contributed by atoms with E-state index in [1.807, 2.05) is 62.4 Å². The highest BCUT2D eigenvalue weighted by Gasteiger charge is 2.27. The van der Waals surface area contributed by atoms with Crippen molar-refractivity contribution in [2.75, 3.05) is 25.5 Å². The van der Waals surface area contributed by atoms with Gasteiger partial charge in [0.15, 0.2) is 0 Å². The minimum absolute atomic E-state index is 0.000628. The van der Waals surface area contributed by atoms with E-state index >= 15 is 0 Å². The number of carbonyl (C=O) groups excluding carboxylic acids is 1. The molecule has 0 spiro atoms. The second-order valence-electron chi connectivity index (χ2n) is 7.74. The Balaban J connectivity index is 1.86. The highest BCUT2D eigenvalue weighted by Crippen LogP contribution is 2.28. The van der Waals surface area contributed by atoms with Crippen molar-refractivity contribution in [3.8, 4) is 5.75 Å². The third-order valence-electron chi connectivity index (χ3n) is 5.23. The number of halogens is 1. The molecular formula is C25H27ClN2O4S. The Morgan fingerprint density at radius 2 is 1.76 bits per heavy atom. The van der Waals surface area contributed by atoms with Crippen molar-refractivity contribution in [3.63, 3.8) is 0 Å². The van der Waals surface area contributed by atoms with Gasteiger partial charge in [-0.05, 0) is 55.7 Å². The summed E-state index contributed by atoms with van der Waals surface area (Å²) in [5.41, 5.74) is 3.61. The van der Waals surface area contributed by atoms with Crippen molar-refractivity contribution >= 4 is 33.2 Å². The molecule has 1 N–H and O–H groups in total. The third-order valence-corrected chi connectivity index (χ3v) is 7.37. The molecule has 174 valence electrons. The Morgan fingerprint density at radius 3 is 2.39 bits per heavy atom. The number of sulfonamides is 1. The van der Waals surface area contributed by atoms with Crippen molar-refractivity contribution in [3.05, 3.63) is 88.4 Å². The van der Waals surface area contributed by atoms with Crippen molar-refractivity contribution in [2.24, 2.45) is 0 Å². The predicted molar refractivity (Wildman–Crippen MR) is 131 cm³/mol. The highest BCUT2D eigenvalue weighted by molar-refractivity contribution is 7.89. The van der Waals surface area contributed by atoms with E-state index in [0.717, 1.165) is 16.7 Å². The zero-order valence-corrected chi connectivity index (χ0v) is 20.4. The molecular weight excluding hydrogens is 460 g/mol. The largest absolute Gasteiger partial charge is 0.495 e. The lowest BCUT2D eigenvalue weighted by molar-refractivity contribution is -0.116. The number of aryl methyl sites for hydroxylation is 2. The first-order chi connectivity index (χ1) is 15.7. The number of ether oxygens (including phenoxy) is 1. The van der Waals surface area contributed by atoms with E-state index in [0.29, 0.717) is 17.9 Å². The number of benzene rings is 3. The maximum atomic E-state index is 13.5. The molecule has 0 aliphatic heterocycles. The van der Waals surface area contributed by atoms with Crippen LogP contribution in [0.1, 0.15) is 16.7 Å². The second kappa shape index (κ2) is 10.8. The van der Waals surface area contributed by atoms with E-state index in [4.69, 9.17) is 16.3 Å². The van der Waals surface area contributed by atoms with Gasteiger partial charge >= 0.3 is 0 Å². The molecule has 0 atom stereocenters. The molecule has 33 heavy (non-hydrogen) atoms. The van der Waals surface area contributed by atoms with E-state index in [-0.39, 0.29) is 23.0 Å². The van der Waals surface area contributed by atoms with Crippen LogP contribution >= 0.6 is 11.6 Å². The monoisotopic (exact) mass is 486 g/mol. The Kier molecular flexibility index (Phi) is 8.13. The molecule has 0 fully saturated rings. The van der Waals surface area contributed by atoms with Gasteiger partial charge in [0.25, 0.3) is 0 Å². The van der Waals surface area contributed by atoms with E-state index in [9.17, 15) is 13.2 Å². The maximum absolute atomic E-state index is 13.5. The molecule has 0 radical (unpaired) electrons. The van der Waals surface area contributed by atoms with Crippen LogP contribution in [-0.2, 0) is 21.2 Å². The molecule has 1 amide bonds. The van der Waals surface area contributed by atoms with Crippen LogP contribution in [0.2, 0.25) is 5.02 Å². The first kappa shape index (κ1) is 24.8. The molecule has 0 aliphatic carbocycles. The average molecular weight is 487 g/mol. The first-order valence-electron chi connectivity index (χ1n) is 10.5. The van der Waals surface area contributed by atoms with Gasteiger partial charge in [0.1, 0.15) is 5.75 Å². The fourth-order valence-electron chi connectivity index (χ4n) is 3.44. The fraction of sp³-hybridized carbons (Fsp3) is 0.240. The van der Waals surface area contributed by atoms with Gasteiger partial charge in [-0.15, -0.1) is 0 Å². The summed E-state index contributed by atoms with van der Waals surface area (Å²) in [5.74, 6) is -0.0442. The van der Waals surface area contributed by atoms with Crippen molar-refractivity contribution in [1.29, 1.82) is 0 Å². The molecule has 0 saturated carbocycles. The Hall–Kier alpha value is -2.87. The van der Waals surface area contributed by atoms with Crippen LogP contribution in [0.25, 0.3) is 0 Å². The zero-order valence-electron chi connectivity index (χ0n) is 18.8. The molecule has 0 heterocycles. The van der Waals surface area contributed by atoms with Crippen LogP contribution in [0.15, 0.2) is 71.6 Å². The summed E-state index contributed by atoms with van der Waals surface area (Å²) in [6.07, 6.45) is 0.459. The van der Waals surface area contributed by atoms with E-state index in [1.54, 1.807) is 0 Å². The summed E-state index contributed by atoms with van der Waals surface area (Å²) in [6.45, 7) is 3.67. The molecule has 0 unspecified atom stereocenters. The van der Waals surface area contributed by atoms with Crippen LogP contribution in [0, 0.1) is 13.8 Å². The number of nitrogens with one attached hydrogen (secondary N) is 1. The van der Waals surface area contributed by atoms with E-state index < -0.39 is 15.9 Å². The smallest absolute Gasteiger partial charge is 0.243 e.